The Hall–Kier alpha value is -3.36. The lowest BCUT2D eigenvalue weighted by Crippen LogP contribution is -2.62. The van der Waals surface area contributed by atoms with Gasteiger partial charge in [-0.1, -0.05) is 70.8 Å². The maximum Gasteiger partial charge on any atom is 0.372 e. The van der Waals surface area contributed by atoms with Crippen LogP contribution in [0.15, 0.2) is 117 Å². The third-order valence-electron chi connectivity index (χ3n) is 6.45. The second kappa shape index (κ2) is 10.5. The first-order valence-corrected chi connectivity index (χ1v) is 17.9. The van der Waals surface area contributed by atoms with Crippen LogP contribution in [0, 0.1) is 27.7 Å². The lowest BCUT2D eigenvalue weighted by atomic mass is 10.2. The molecule has 0 N–H and O–H groups in total. The fraction of sp³-hybridized carbons (Fsp3) is 0.143. The Balaban J connectivity index is 2.33. The molecule has 0 aliphatic heterocycles. The summed E-state index contributed by atoms with van der Waals surface area (Å²) in [7, 11) is -23.4. The molecule has 0 fully saturated rings. The van der Waals surface area contributed by atoms with Crippen LogP contribution in [0.2, 0.25) is 0 Å². The number of aryl methyl sites for hydroxylation is 4. The highest BCUT2D eigenvalue weighted by atomic mass is 32.4. The third kappa shape index (κ3) is 4.71. The van der Waals surface area contributed by atoms with Crippen LogP contribution in [0.1, 0.15) is 22.3 Å². The monoisotopic (exact) mass is 634 g/mol. The van der Waals surface area contributed by atoms with Gasteiger partial charge in [-0.05, 0) is 76.2 Å². The van der Waals surface area contributed by atoms with E-state index in [4.69, 9.17) is 0 Å². The summed E-state index contributed by atoms with van der Waals surface area (Å²) in [5, 5.41) is 0. The molecule has 0 radical (unpaired) electrons. The maximum atomic E-state index is 14.7. The molecule has 9 nitrogen and oxygen atoms in total. The summed E-state index contributed by atoms with van der Waals surface area (Å²) >= 11 is 0. The molecule has 0 heterocycles. The van der Waals surface area contributed by atoms with Crippen LogP contribution in [0.3, 0.4) is 0 Å². The second-order valence-corrected chi connectivity index (χ2v) is 18.9. The zero-order valence-electron chi connectivity index (χ0n) is 22.6. The van der Waals surface area contributed by atoms with Crippen LogP contribution in [0.25, 0.3) is 0 Å². The molecule has 0 aliphatic rings. The van der Waals surface area contributed by atoms with Gasteiger partial charge in [-0.2, -0.15) is 33.7 Å². The fourth-order valence-corrected chi connectivity index (χ4v) is 16.4. The Bertz CT molecular complexity index is 1730. The molecule has 0 aromatic heterocycles. The van der Waals surface area contributed by atoms with Crippen LogP contribution in [-0.2, 0) is 40.1 Å². The summed E-state index contributed by atoms with van der Waals surface area (Å²) in [6.45, 7) is 6.53. The SMILES string of the molecule is Cc1ccc(S(=O)(=O)[N+](S(=O)(=O)c2ccc(C)cc2)(S(=O)(=O)c2ccc(C)cc2)S(=O)(=O)c2ccc(C)cc2)cc1. The first-order valence-electron chi connectivity index (χ1n) is 12.2. The summed E-state index contributed by atoms with van der Waals surface area (Å²) in [4.78, 5) is -3.26. The first-order chi connectivity index (χ1) is 19.0. The summed E-state index contributed by atoms with van der Waals surface area (Å²) in [6.07, 6.45) is 0. The highest BCUT2D eigenvalue weighted by Crippen LogP contribution is 2.46. The predicted molar refractivity (Wildman–Crippen MR) is 154 cm³/mol. The predicted octanol–water partition coefficient (Wildman–Crippen LogP) is 4.59. The van der Waals surface area contributed by atoms with Gasteiger partial charge in [0.25, 0.3) is 0 Å². The molecule has 41 heavy (non-hydrogen) atoms. The smallest absolute Gasteiger partial charge is 0.165 e. The number of hydrogen-bond donors (Lipinski definition) is 0. The zero-order valence-corrected chi connectivity index (χ0v) is 25.8. The number of sulfonamides is 4. The van der Waals surface area contributed by atoms with Gasteiger partial charge in [0.2, 0.25) is 0 Å². The van der Waals surface area contributed by atoms with Crippen molar-refractivity contribution in [3.05, 3.63) is 119 Å². The van der Waals surface area contributed by atoms with Crippen molar-refractivity contribution in [1.29, 1.82) is 0 Å². The second-order valence-electron chi connectivity index (χ2n) is 9.60. The number of benzene rings is 4. The standard InChI is InChI=1S/C28H28NO8S4/c1-21-5-13-25(14-6-21)38(30,31)29(39(32,33)26-15-7-22(2)8-16-26,40(34,35)27-17-9-23(3)10-18-27)41(36,37)28-19-11-24(4)12-20-28/h5-20H,1-4H3/q+1. The summed E-state index contributed by atoms with van der Waals surface area (Å²) < 4.78 is 114. The lowest BCUT2D eigenvalue weighted by Gasteiger charge is -2.32. The van der Waals surface area contributed by atoms with Gasteiger partial charge in [0.1, 0.15) is 21.7 Å². The minimum atomic E-state index is -5.85. The molecule has 4 aromatic carbocycles. The van der Waals surface area contributed by atoms with E-state index in [0.29, 0.717) is 22.3 Å². The lowest BCUT2D eigenvalue weighted by molar-refractivity contribution is -0.357. The summed E-state index contributed by atoms with van der Waals surface area (Å²) in [6, 6.07) is 18.4. The van der Waals surface area contributed by atoms with Crippen molar-refractivity contribution in [2.75, 3.05) is 0 Å². The molecule has 0 unspecified atom stereocenters. The summed E-state index contributed by atoms with van der Waals surface area (Å²) in [5.74, 6) is 0. The molecule has 0 atom stereocenters. The fourth-order valence-electron chi connectivity index (χ4n) is 4.13. The average molecular weight is 635 g/mol. The van der Waals surface area contributed by atoms with Gasteiger partial charge < -0.3 is 0 Å². The van der Waals surface area contributed by atoms with E-state index in [9.17, 15) is 33.7 Å². The normalized spacial score (nSPS) is 13.2. The molecule has 0 bridgehead atoms. The van der Waals surface area contributed by atoms with Gasteiger partial charge in [0.15, 0.2) is 0 Å². The van der Waals surface area contributed by atoms with E-state index in [1.54, 1.807) is 27.7 Å². The largest absolute Gasteiger partial charge is 0.372 e. The molecule has 4 rings (SSSR count). The first kappa shape index (κ1) is 30.6. The topological polar surface area (TPSA) is 137 Å². The Labute approximate surface area is 241 Å². The van der Waals surface area contributed by atoms with E-state index in [-0.39, 0.29) is 0 Å². The molecule has 0 spiro atoms. The van der Waals surface area contributed by atoms with Crippen LogP contribution < -0.4 is 0 Å². The quantitative estimate of drug-likeness (QED) is 0.257. The van der Waals surface area contributed by atoms with Crippen molar-refractivity contribution in [2.24, 2.45) is 0 Å². The molecule has 0 aliphatic carbocycles. The third-order valence-corrected chi connectivity index (χ3v) is 19.3. The Morgan fingerprint density at radius 1 is 0.317 bits per heavy atom. The van der Waals surface area contributed by atoms with Crippen molar-refractivity contribution < 1.29 is 35.8 Å². The molecule has 4 aromatic rings. The molecule has 216 valence electrons. The average Bonchev–Trinajstić information content (AvgIpc) is 2.89. The number of rotatable bonds is 8. The Morgan fingerprint density at radius 3 is 0.610 bits per heavy atom. The van der Waals surface area contributed by atoms with E-state index < -0.39 is 61.8 Å². The molecular weight excluding hydrogens is 607 g/mol. The van der Waals surface area contributed by atoms with Crippen LogP contribution in [0.5, 0.6) is 0 Å². The number of hydrogen-bond acceptors (Lipinski definition) is 8. The van der Waals surface area contributed by atoms with Gasteiger partial charge >= 0.3 is 40.1 Å². The van der Waals surface area contributed by atoms with Gasteiger partial charge in [-0.15, -0.1) is 0 Å². The minimum Gasteiger partial charge on any atom is -0.165 e. The van der Waals surface area contributed by atoms with Crippen molar-refractivity contribution >= 4 is 40.1 Å². The van der Waals surface area contributed by atoms with E-state index in [1.807, 2.05) is 0 Å². The number of nitrogens with zero attached hydrogens (tertiary/aromatic N) is 1. The summed E-state index contributed by atoms with van der Waals surface area (Å²) in [5.41, 5.74) is 2.30. The van der Waals surface area contributed by atoms with Gasteiger partial charge in [-0.3, -0.25) is 0 Å². The van der Waals surface area contributed by atoms with Crippen LogP contribution in [-0.4, -0.2) is 35.8 Å². The minimum absolute atomic E-state index is 0.575. The Kier molecular flexibility index (Phi) is 7.82. The highest BCUT2D eigenvalue weighted by Gasteiger charge is 2.74. The molecule has 13 heteroatoms. The molecule has 0 amide bonds. The van der Waals surface area contributed by atoms with E-state index >= 15 is 0 Å². The van der Waals surface area contributed by atoms with Crippen molar-refractivity contribution in [3.8, 4) is 0 Å². The molecule has 0 saturated carbocycles. The van der Waals surface area contributed by atoms with Crippen molar-refractivity contribution in [2.45, 2.75) is 47.3 Å². The van der Waals surface area contributed by atoms with Crippen LogP contribution in [0.4, 0.5) is 0 Å². The zero-order chi connectivity index (χ0) is 30.4. The van der Waals surface area contributed by atoms with E-state index in [2.05, 4.69) is 0 Å². The van der Waals surface area contributed by atoms with Crippen molar-refractivity contribution in [3.63, 3.8) is 0 Å². The van der Waals surface area contributed by atoms with Gasteiger partial charge in [0, 0.05) is 0 Å². The van der Waals surface area contributed by atoms with Gasteiger partial charge in [0.05, 0.1) is 0 Å². The molecular formula is C28H28NO8S4+. The van der Waals surface area contributed by atoms with Crippen molar-refractivity contribution in [1.82, 2.24) is 0 Å². The Morgan fingerprint density at radius 2 is 0.463 bits per heavy atom. The van der Waals surface area contributed by atoms with E-state index in [1.165, 1.54) is 48.5 Å². The number of quaternary nitrogens is 1. The van der Waals surface area contributed by atoms with Crippen LogP contribution >= 0.6 is 0 Å². The van der Waals surface area contributed by atoms with E-state index in [0.717, 1.165) is 48.5 Å². The maximum absolute atomic E-state index is 14.7. The van der Waals surface area contributed by atoms with Gasteiger partial charge in [-0.25, -0.2) is 0 Å². The molecule has 0 saturated heterocycles. The highest BCUT2D eigenvalue weighted by molar-refractivity contribution is 8.20.